The average molecular weight is 407 g/mol. The minimum atomic E-state index is -0.329. The molecular weight excluding hydrogens is 387 g/mol. The maximum atomic E-state index is 14.0. The van der Waals surface area contributed by atoms with Gasteiger partial charge in [-0.3, -0.25) is 0 Å². The van der Waals surface area contributed by atoms with Crippen LogP contribution in [0.15, 0.2) is 46.9 Å². The first-order valence-corrected chi connectivity index (χ1v) is 9.31. The van der Waals surface area contributed by atoms with E-state index in [1.807, 2.05) is 0 Å². The Bertz CT molecular complexity index is 757. The van der Waals surface area contributed by atoms with Crippen molar-refractivity contribution in [3.8, 4) is 0 Å². The quantitative estimate of drug-likeness (QED) is 0.643. The van der Waals surface area contributed by atoms with Crippen molar-refractivity contribution in [1.82, 2.24) is 5.32 Å². The molecule has 2 aromatic carbocycles. The van der Waals surface area contributed by atoms with Gasteiger partial charge in [-0.15, -0.1) is 0 Å². The Hall–Kier alpha value is -1.46. The molecule has 0 unspecified atom stereocenters. The van der Waals surface area contributed by atoms with Gasteiger partial charge in [0.25, 0.3) is 0 Å². The van der Waals surface area contributed by atoms with Crippen LogP contribution in [0.2, 0.25) is 0 Å². The lowest BCUT2D eigenvalue weighted by atomic mass is 9.85. The van der Waals surface area contributed by atoms with Gasteiger partial charge in [-0.1, -0.05) is 53.0 Å². The van der Waals surface area contributed by atoms with Crippen molar-refractivity contribution in [2.24, 2.45) is 0 Å². The number of aryl methyl sites for hydroxylation is 1. The first-order chi connectivity index (χ1) is 11.5. The molecule has 126 valence electrons. The Kier molecular flexibility index (Phi) is 5.21. The summed E-state index contributed by atoms with van der Waals surface area (Å²) in [5.74, 6) is -0.329. The van der Waals surface area contributed by atoms with Crippen LogP contribution in [0.3, 0.4) is 0 Å². The first-order valence-electron chi connectivity index (χ1n) is 8.10. The van der Waals surface area contributed by atoms with Crippen LogP contribution in [0.25, 0.3) is 0 Å². The van der Waals surface area contributed by atoms with E-state index in [4.69, 9.17) is 12.2 Å². The summed E-state index contributed by atoms with van der Waals surface area (Å²) in [7, 11) is 0. The van der Waals surface area contributed by atoms with Crippen LogP contribution in [0.1, 0.15) is 36.8 Å². The van der Waals surface area contributed by atoms with Crippen LogP contribution in [0, 0.1) is 12.7 Å². The zero-order chi connectivity index (χ0) is 17.2. The summed E-state index contributed by atoms with van der Waals surface area (Å²) < 4.78 is 14.7. The molecule has 1 fully saturated rings. The molecule has 0 spiro atoms. The Morgan fingerprint density at radius 1 is 1.17 bits per heavy atom. The summed E-state index contributed by atoms with van der Waals surface area (Å²) in [5, 5.41) is 6.94. The fraction of sp³-hybridized carbons (Fsp3) is 0.316. The molecule has 0 radical (unpaired) electrons. The predicted octanol–water partition coefficient (Wildman–Crippen LogP) is 5.65. The number of halogens is 2. The molecule has 2 N–H and O–H groups in total. The van der Waals surface area contributed by atoms with Gasteiger partial charge >= 0.3 is 0 Å². The van der Waals surface area contributed by atoms with Crippen molar-refractivity contribution in [2.75, 3.05) is 5.32 Å². The summed E-state index contributed by atoms with van der Waals surface area (Å²) in [6.07, 6.45) is 4.39. The van der Waals surface area contributed by atoms with E-state index in [-0.39, 0.29) is 11.4 Å². The summed E-state index contributed by atoms with van der Waals surface area (Å²) in [4.78, 5) is 0. The van der Waals surface area contributed by atoms with Crippen LogP contribution >= 0.6 is 28.1 Å². The zero-order valence-electron chi connectivity index (χ0n) is 13.5. The predicted molar refractivity (Wildman–Crippen MR) is 105 cm³/mol. The monoisotopic (exact) mass is 406 g/mol. The van der Waals surface area contributed by atoms with E-state index >= 15 is 0 Å². The third-order valence-electron chi connectivity index (χ3n) is 4.65. The lowest BCUT2D eigenvalue weighted by Crippen LogP contribution is -2.46. The maximum absolute atomic E-state index is 14.0. The lowest BCUT2D eigenvalue weighted by Gasteiger charge is -2.34. The van der Waals surface area contributed by atoms with Crippen molar-refractivity contribution in [2.45, 2.75) is 38.1 Å². The van der Waals surface area contributed by atoms with Gasteiger partial charge in [-0.05, 0) is 61.3 Å². The highest BCUT2D eigenvalue weighted by atomic mass is 79.9. The molecule has 24 heavy (non-hydrogen) atoms. The molecule has 0 heterocycles. The molecule has 1 saturated carbocycles. The van der Waals surface area contributed by atoms with E-state index in [0.717, 1.165) is 25.7 Å². The second kappa shape index (κ2) is 7.19. The molecule has 2 nitrogen and oxygen atoms in total. The van der Waals surface area contributed by atoms with Gasteiger partial charge in [0, 0.05) is 4.47 Å². The van der Waals surface area contributed by atoms with Gasteiger partial charge in [0.15, 0.2) is 5.11 Å². The highest BCUT2D eigenvalue weighted by Gasteiger charge is 2.37. The smallest absolute Gasteiger partial charge is 0.171 e. The molecular formula is C19H20BrFN2S. The highest BCUT2D eigenvalue weighted by molar-refractivity contribution is 9.10. The number of hydrogen-bond donors (Lipinski definition) is 2. The number of rotatable bonds is 3. The van der Waals surface area contributed by atoms with E-state index in [9.17, 15) is 4.39 Å². The Morgan fingerprint density at radius 2 is 1.88 bits per heavy atom. The van der Waals surface area contributed by atoms with E-state index < -0.39 is 0 Å². The van der Waals surface area contributed by atoms with E-state index in [0.29, 0.717) is 15.3 Å². The molecule has 2 aromatic rings. The molecule has 3 rings (SSSR count). The Morgan fingerprint density at radius 3 is 2.54 bits per heavy atom. The van der Waals surface area contributed by atoms with E-state index in [1.165, 1.54) is 17.2 Å². The highest BCUT2D eigenvalue weighted by Crippen LogP contribution is 2.40. The maximum Gasteiger partial charge on any atom is 0.171 e. The van der Waals surface area contributed by atoms with Crippen molar-refractivity contribution >= 4 is 38.9 Å². The third kappa shape index (κ3) is 3.62. The Labute approximate surface area is 156 Å². The van der Waals surface area contributed by atoms with Crippen LogP contribution in [-0.4, -0.2) is 5.11 Å². The second-order valence-electron chi connectivity index (χ2n) is 6.31. The SMILES string of the molecule is Cc1ccccc1C1(NC(=S)Nc2ccc(Br)cc2F)CCCC1. The zero-order valence-corrected chi connectivity index (χ0v) is 15.9. The van der Waals surface area contributed by atoms with Crippen molar-refractivity contribution in [3.63, 3.8) is 0 Å². The summed E-state index contributed by atoms with van der Waals surface area (Å²) in [6.45, 7) is 2.13. The standard InChI is InChI=1S/C19H20BrFN2S/c1-13-6-2-3-7-15(13)19(10-4-5-11-19)23-18(24)22-17-9-8-14(20)12-16(17)21/h2-3,6-9,12H,4-5,10-11H2,1H3,(H2,22,23,24). The number of anilines is 1. The van der Waals surface area contributed by atoms with E-state index in [2.05, 4.69) is 57.8 Å². The van der Waals surface area contributed by atoms with Gasteiger partial charge in [0.1, 0.15) is 5.82 Å². The van der Waals surface area contributed by atoms with Crippen LogP contribution in [-0.2, 0) is 5.54 Å². The summed E-state index contributed by atoms with van der Waals surface area (Å²) in [6, 6.07) is 13.3. The summed E-state index contributed by atoms with van der Waals surface area (Å²) >= 11 is 8.74. The van der Waals surface area contributed by atoms with Crippen LogP contribution in [0.5, 0.6) is 0 Å². The molecule has 0 aromatic heterocycles. The normalized spacial score (nSPS) is 16.0. The molecule has 0 amide bonds. The number of nitrogens with one attached hydrogen (secondary N) is 2. The molecule has 0 saturated heterocycles. The van der Waals surface area contributed by atoms with Gasteiger partial charge in [0.05, 0.1) is 11.2 Å². The molecule has 1 aliphatic rings. The third-order valence-corrected chi connectivity index (χ3v) is 5.35. The number of thiocarbonyl (C=S) groups is 1. The van der Waals surface area contributed by atoms with Crippen LogP contribution < -0.4 is 10.6 Å². The Balaban J connectivity index is 1.81. The fourth-order valence-corrected chi connectivity index (χ4v) is 4.15. The average Bonchev–Trinajstić information content (AvgIpc) is 3.00. The van der Waals surface area contributed by atoms with Crippen LogP contribution in [0.4, 0.5) is 10.1 Å². The van der Waals surface area contributed by atoms with Crippen molar-refractivity contribution in [3.05, 3.63) is 63.9 Å². The summed E-state index contributed by atoms with van der Waals surface area (Å²) in [5.41, 5.74) is 2.75. The van der Waals surface area contributed by atoms with Gasteiger partial charge in [-0.25, -0.2) is 4.39 Å². The van der Waals surface area contributed by atoms with Crippen molar-refractivity contribution in [1.29, 1.82) is 0 Å². The number of hydrogen-bond acceptors (Lipinski definition) is 1. The fourth-order valence-electron chi connectivity index (χ4n) is 3.51. The molecule has 0 bridgehead atoms. The molecule has 5 heteroatoms. The first kappa shape index (κ1) is 17.4. The largest absolute Gasteiger partial charge is 0.353 e. The molecule has 0 aliphatic heterocycles. The molecule has 0 atom stereocenters. The number of benzene rings is 2. The molecule has 1 aliphatic carbocycles. The van der Waals surface area contributed by atoms with Gasteiger partial charge in [-0.2, -0.15) is 0 Å². The topological polar surface area (TPSA) is 24.1 Å². The van der Waals surface area contributed by atoms with Crippen molar-refractivity contribution < 1.29 is 4.39 Å². The van der Waals surface area contributed by atoms with E-state index in [1.54, 1.807) is 12.1 Å². The minimum Gasteiger partial charge on any atom is -0.353 e. The van der Waals surface area contributed by atoms with Gasteiger partial charge in [0.2, 0.25) is 0 Å². The lowest BCUT2D eigenvalue weighted by molar-refractivity contribution is 0.406. The minimum absolute atomic E-state index is 0.165. The second-order valence-corrected chi connectivity index (χ2v) is 7.63. The van der Waals surface area contributed by atoms with Gasteiger partial charge < -0.3 is 10.6 Å².